The van der Waals surface area contributed by atoms with Crippen molar-refractivity contribution in [1.29, 1.82) is 5.26 Å². The van der Waals surface area contributed by atoms with E-state index in [9.17, 15) is 4.79 Å². The van der Waals surface area contributed by atoms with E-state index in [1.165, 1.54) is 17.4 Å². The first-order chi connectivity index (χ1) is 7.17. The van der Waals surface area contributed by atoms with E-state index in [1.807, 2.05) is 17.5 Å². The van der Waals surface area contributed by atoms with E-state index in [1.54, 1.807) is 6.92 Å². The highest BCUT2D eigenvalue weighted by Gasteiger charge is 2.09. The summed E-state index contributed by atoms with van der Waals surface area (Å²) in [5.74, 6) is -0.579. The quantitative estimate of drug-likeness (QED) is 0.487. The van der Waals surface area contributed by atoms with Crippen LogP contribution in [0.5, 0.6) is 0 Å². The lowest BCUT2D eigenvalue weighted by Crippen LogP contribution is -2.05. The summed E-state index contributed by atoms with van der Waals surface area (Å²) in [6.07, 6.45) is 1.52. The van der Waals surface area contributed by atoms with Crippen molar-refractivity contribution in [2.75, 3.05) is 6.61 Å². The highest BCUT2D eigenvalue weighted by molar-refractivity contribution is 9.10. The number of nitriles is 1. The fourth-order valence-electron chi connectivity index (χ4n) is 0.892. The molecule has 1 aromatic heterocycles. The number of nitrogens with zero attached hydrogens (tertiary/aromatic N) is 1. The fraction of sp³-hybridized carbons (Fsp3) is 0.200. The third-order valence-electron chi connectivity index (χ3n) is 1.49. The van der Waals surface area contributed by atoms with Crippen LogP contribution in [0.1, 0.15) is 11.8 Å². The summed E-state index contributed by atoms with van der Waals surface area (Å²) in [5.41, 5.74) is 0.0196. The van der Waals surface area contributed by atoms with E-state index < -0.39 is 5.97 Å². The van der Waals surface area contributed by atoms with Gasteiger partial charge in [0.05, 0.1) is 6.61 Å². The van der Waals surface area contributed by atoms with E-state index in [0.29, 0.717) is 0 Å². The highest BCUT2D eigenvalue weighted by Crippen LogP contribution is 2.22. The minimum absolute atomic E-state index is 0.0196. The Morgan fingerprint density at radius 3 is 3.00 bits per heavy atom. The van der Waals surface area contributed by atoms with Crippen molar-refractivity contribution in [3.63, 3.8) is 0 Å². The SMILES string of the molecule is CCOC(=O)/C(C#N)=C\c1cc(Br)cs1. The molecule has 1 rings (SSSR count). The first-order valence-corrected chi connectivity index (χ1v) is 5.87. The molecule has 15 heavy (non-hydrogen) atoms. The van der Waals surface area contributed by atoms with Gasteiger partial charge in [-0.05, 0) is 35.0 Å². The Kier molecular flexibility index (Phi) is 4.53. The zero-order chi connectivity index (χ0) is 11.3. The van der Waals surface area contributed by atoms with Crippen molar-refractivity contribution in [2.45, 2.75) is 6.92 Å². The van der Waals surface area contributed by atoms with Gasteiger partial charge in [0.2, 0.25) is 0 Å². The first-order valence-electron chi connectivity index (χ1n) is 4.20. The number of thiophene rings is 1. The second-order valence-electron chi connectivity index (χ2n) is 2.56. The van der Waals surface area contributed by atoms with Gasteiger partial charge in [-0.25, -0.2) is 4.79 Å². The second kappa shape index (κ2) is 5.69. The van der Waals surface area contributed by atoms with Crippen LogP contribution in [0, 0.1) is 11.3 Å². The standard InChI is InChI=1S/C10H8BrNO2S/c1-2-14-10(13)7(5-12)3-9-4-8(11)6-15-9/h3-4,6H,2H2,1H3/b7-3-. The number of carbonyl (C=O) groups is 1. The maximum absolute atomic E-state index is 11.3. The molecule has 0 aromatic carbocycles. The lowest BCUT2D eigenvalue weighted by Gasteiger charge is -1.97. The zero-order valence-electron chi connectivity index (χ0n) is 7.99. The lowest BCUT2D eigenvalue weighted by molar-refractivity contribution is -0.137. The summed E-state index contributed by atoms with van der Waals surface area (Å²) in [6, 6.07) is 3.66. The average Bonchev–Trinajstić information content (AvgIpc) is 2.61. The highest BCUT2D eigenvalue weighted by atomic mass is 79.9. The molecule has 0 aliphatic carbocycles. The summed E-state index contributed by atoms with van der Waals surface area (Å²) in [6.45, 7) is 1.97. The van der Waals surface area contributed by atoms with Gasteiger partial charge in [0.1, 0.15) is 11.6 Å². The van der Waals surface area contributed by atoms with Gasteiger partial charge in [-0.3, -0.25) is 0 Å². The van der Waals surface area contributed by atoms with Gasteiger partial charge in [0.15, 0.2) is 0 Å². The van der Waals surface area contributed by atoms with Crippen LogP contribution in [0.4, 0.5) is 0 Å². The molecule has 0 radical (unpaired) electrons. The molecule has 5 heteroatoms. The molecule has 0 aliphatic rings. The van der Waals surface area contributed by atoms with Crippen LogP contribution in [0.15, 0.2) is 21.5 Å². The van der Waals surface area contributed by atoms with Gasteiger partial charge in [-0.1, -0.05) is 0 Å². The smallest absolute Gasteiger partial charge is 0.348 e. The second-order valence-corrected chi connectivity index (χ2v) is 4.42. The minimum atomic E-state index is -0.579. The van der Waals surface area contributed by atoms with Gasteiger partial charge in [0.25, 0.3) is 0 Å². The average molecular weight is 286 g/mol. The van der Waals surface area contributed by atoms with Gasteiger partial charge < -0.3 is 4.74 Å². The number of esters is 1. The fourth-order valence-corrected chi connectivity index (χ4v) is 2.27. The number of halogens is 1. The largest absolute Gasteiger partial charge is 0.462 e. The summed E-state index contributed by atoms with van der Waals surface area (Å²) >= 11 is 4.74. The van der Waals surface area contributed by atoms with Gasteiger partial charge >= 0.3 is 5.97 Å². The summed E-state index contributed by atoms with van der Waals surface area (Å²) in [4.78, 5) is 12.1. The molecule has 0 fully saturated rings. The molecule has 1 aromatic rings. The molecular formula is C10H8BrNO2S. The zero-order valence-corrected chi connectivity index (χ0v) is 10.4. The Bertz CT molecular complexity index is 431. The molecule has 0 saturated carbocycles. The molecule has 0 bridgehead atoms. The Hall–Kier alpha value is -1.12. The summed E-state index contributed by atoms with van der Waals surface area (Å²) in [5, 5.41) is 10.6. The van der Waals surface area contributed by atoms with Crippen molar-refractivity contribution in [3.05, 3.63) is 26.4 Å². The Balaban J connectivity index is 2.88. The molecular weight excluding hydrogens is 278 g/mol. The minimum Gasteiger partial charge on any atom is -0.462 e. The number of rotatable bonds is 3. The molecule has 0 N–H and O–H groups in total. The third kappa shape index (κ3) is 3.50. The summed E-state index contributed by atoms with van der Waals surface area (Å²) < 4.78 is 5.67. The van der Waals surface area contributed by atoms with Gasteiger partial charge in [-0.2, -0.15) is 5.26 Å². The molecule has 0 spiro atoms. The molecule has 3 nitrogen and oxygen atoms in total. The number of carbonyl (C=O) groups excluding carboxylic acids is 1. The van der Waals surface area contributed by atoms with Crippen molar-refractivity contribution >= 4 is 39.3 Å². The predicted octanol–water partition coefficient (Wildman–Crippen LogP) is 2.98. The van der Waals surface area contributed by atoms with Crippen LogP contribution in [0.2, 0.25) is 0 Å². The molecule has 1 heterocycles. The van der Waals surface area contributed by atoms with Crippen LogP contribution < -0.4 is 0 Å². The van der Waals surface area contributed by atoms with E-state index in [0.717, 1.165) is 9.35 Å². The summed E-state index contributed by atoms with van der Waals surface area (Å²) in [7, 11) is 0. The topological polar surface area (TPSA) is 50.1 Å². The monoisotopic (exact) mass is 285 g/mol. The van der Waals surface area contributed by atoms with Crippen LogP contribution >= 0.6 is 27.3 Å². The molecule has 78 valence electrons. The Morgan fingerprint density at radius 2 is 2.53 bits per heavy atom. The van der Waals surface area contributed by atoms with Crippen LogP contribution in [0.3, 0.4) is 0 Å². The normalized spacial score (nSPS) is 10.9. The third-order valence-corrected chi connectivity index (χ3v) is 3.13. The van der Waals surface area contributed by atoms with Gasteiger partial charge in [-0.15, -0.1) is 11.3 Å². The predicted molar refractivity (Wildman–Crippen MR) is 62.2 cm³/mol. The Morgan fingerprint density at radius 1 is 1.80 bits per heavy atom. The van der Waals surface area contributed by atoms with E-state index in [4.69, 9.17) is 10.00 Å². The van der Waals surface area contributed by atoms with Gasteiger partial charge in [0, 0.05) is 14.7 Å². The number of hydrogen-bond donors (Lipinski definition) is 0. The Labute approximate surface area is 100 Å². The van der Waals surface area contributed by atoms with Crippen molar-refractivity contribution in [1.82, 2.24) is 0 Å². The molecule has 0 aliphatic heterocycles. The van der Waals surface area contributed by atoms with Crippen molar-refractivity contribution in [3.8, 4) is 6.07 Å². The first kappa shape index (κ1) is 12.0. The van der Waals surface area contributed by atoms with Crippen LogP contribution in [-0.4, -0.2) is 12.6 Å². The molecule has 0 unspecified atom stereocenters. The van der Waals surface area contributed by atoms with Crippen molar-refractivity contribution < 1.29 is 9.53 Å². The van der Waals surface area contributed by atoms with E-state index in [-0.39, 0.29) is 12.2 Å². The van der Waals surface area contributed by atoms with Crippen molar-refractivity contribution in [2.24, 2.45) is 0 Å². The number of ether oxygens (including phenoxy) is 1. The molecule has 0 saturated heterocycles. The lowest BCUT2D eigenvalue weighted by atomic mass is 10.2. The molecule has 0 atom stereocenters. The van der Waals surface area contributed by atoms with Crippen LogP contribution in [-0.2, 0) is 9.53 Å². The van der Waals surface area contributed by atoms with E-state index in [2.05, 4.69) is 15.9 Å². The maximum Gasteiger partial charge on any atom is 0.348 e. The number of hydrogen-bond acceptors (Lipinski definition) is 4. The van der Waals surface area contributed by atoms with E-state index >= 15 is 0 Å². The van der Waals surface area contributed by atoms with Crippen LogP contribution in [0.25, 0.3) is 6.08 Å². The molecule has 0 amide bonds. The maximum atomic E-state index is 11.3.